The summed E-state index contributed by atoms with van der Waals surface area (Å²) in [7, 11) is 0. The molecule has 4 heterocycles. The number of imidazole rings is 1. The van der Waals surface area contributed by atoms with Gasteiger partial charge in [0.05, 0.1) is 11.0 Å². The van der Waals surface area contributed by atoms with Crippen molar-refractivity contribution in [2.45, 2.75) is 45.4 Å². The van der Waals surface area contributed by atoms with E-state index in [2.05, 4.69) is 49.4 Å². The lowest BCUT2D eigenvalue weighted by molar-refractivity contribution is -0.125. The lowest BCUT2D eigenvalue weighted by Crippen LogP contribution is -2.41. The second-order valence-corrected chi connectivity index (χ2v) is 9.81. The molecule has 10 heteroatoms. The Hall–Kier alpha value is -3.01. The second kappa shape index (κ2) is 9.46. The number of amides is 2. The number of piperidine rings is 2. The van der Waals surface area contributed by atoms with Crippen LogP contribution in [0, 0.1) is 12.8 Å². The Bertz CT molecular complexity index is 1150. The quantitative estimate of drug-likeness (QED) is 0.577. The first-order valence-corrected chi connectivity index (χ1v) is 12.5. The largest absolute Gasteiger partial charge is 0.355 e. The fraction of sp³-hybridized carbons (Fsp3) is 0.522. The van der Waals surface area contributed by atoms with Crippen LogP contribution in [0.5, 0.6) is 0 Å². The first kappa shape index (κ1) is 21.8. The minimum Gasteiger partial charge on any atom is -0.355 e. The van der Waals surface area contributed by atoms with Gasteiger partial charge >= 0.3 is 0 Å². The van der Waals surface area contributed by atoms with Gasteiger partial charge < -0.3 is 15.2 Å². The van der Waals surface area contributed by atoms with E-state index in [1.54, 1.807) is 4.90 Å². The maximum Gasteiger partial charge on any atom is 0.228 e. The average molecular weight is 468 g/mol. The van der Waals surface area contributed by atoms with Crippen LogP contribution in [0.3, 0.4) is 0 Å². The number of rotatable bonds is 6. The van der Waals surface area contributed by atoms with Gasteiger partial charge in [-0.2, -0.15) is 0 Å². The van der Waals surface area contributed by atoms with Crippen molar-refractivity contribution in [2.24, 2.45) is 5.92 Å². The number of hydrogen-bond acceptors (Lipinski definition) is 7. The molecule has 0 bridgehead atoms. The highest BCUT2D eigenvalue weighted by Crippen LogP contribution is 2.31. The van der Waals surface area contributed by atoms with Crippen LogP contribution >= 0.6 is 11.3 Å². The van der Waals surface area contributed by atoms with E-state index in [9.17, 15) is 9.59 Å². The predicted octanol–water partition coefficient (Wildman–Crippen LogP) is 2.82. The fourth-order valence-corrected chi connectivity index (χ4v) is 5.47. The maximum atomic E-state index is 12.7. The number of aromatic amines is 1. The molecule has 3 aromatic rings. The Morgan fingerprint density at radius 1 is 1.18 bits per heavy atom. The zero-order valence-corrected chi connectivity index (χ0v) is 19.7. The van der Waals surface area contributed by atoms with E-state index in [1.807, 2.05) is 6.07 Å². The van der Waals surface area contributed by atoms with Crippen molar-refractivity contribution in [2.75, 3.05) is 36.0 Å². The van der Waals surface area contributed by atoms with Crippen LogP contribution in [-0.4, -0.2) is 58.2 Å². The van der Waals surface area contributed by atoms with E-state index in [1.165, 1.54) is 16.9 Å². The van der Waals surface area contributed by atoms with Gasteiger partial charge in [-0.1, -0.05) is 17.4 Å². The molecule has 0 aliphatic carbocycles. The Morgan fingerprint density at radius 2 is 2.00 bits per heavy atom. The highest BCUT2D eigenvalue weighted by molar-refractivity contribution is 7.19. The molecule has 9 nitrogen and oxygen atoms in total. The topological polar surface area (TPSA) is 107 Å². The Labute approximate surface area is 196 Å². The first-order valence-electron chi connectivity index (χ1n) is 11.7. The number of aryl methyl sites for hydroxylation is 1. The normalized spacial score (nSPS) is 17.7. The zero-order chi connectivity index (χ0) is 22.8. The number of anilines is 2. The number of fused-ring (bicyclic) bond motifs is 1. The van der Waals surface area contributed by atoms with Crippen LogP contribution < -0.4 is 15.1 Å². The van der Waals surface area contributed by atoms with Crippen LogP contribution in [0.1, 0.15) is 43.5 Å². The summed E-state index contributed by atoms with van der Waals surface area (Å²) < 4.78 is 0. The maximum absolute atomic E-state index is 12.7. The number of aromatic nitrogens is 4. The van der Waals surface area contributed by atoms with Gasteiger partial charge in [-0.05, 0) is 50.3 Å². The van der Waals surface area contributed by atoms with E-state index in [0.717, 1.165) is 67.3 Å². The number of H-pyrrole nitrogens is 1. The minimum absolute atomic E-state index is 0.00985. The number of hydrogen-bond donors (Lipinski definition) is 2. The van der Waals surface area contributed by atoms with Crippen molar-refractivity contribution < 1.29 is 9.59 Å². The number of benzene rings is 1. The van der Waals surface area contributed by atoms with Crippen LogP contribution in [0.25, 0.3) is 11.0 Å². The molecule has 2 amide bonds. The van der Waals surface area contributed by atoms with Gasteiger partial charge in [0, 0.05) is 44.9 Å². The van der Waals surface area contributed by atoms with Crippen molar-refractivity contribution in [3.63, 3.8) is 0 Å². The third kappa shape index (κ3) is 4.85. The van der Waals surface area contributed by atoms with Gasteiger partial charge in [-0.25, -0.2) is 4.98 Å². The lowest BCUT2D eigenvalue weighted by Gasteiger charge is -2.30. The zero-order valence-electron chi connectivity index (χ0n) is 18.8. The molecule has 2 aromatic heterocycles. The molecule has 33 heavy (non-hydrogen) atoms. The number of nitrogens with one attached hydrogen (secondary N) is 2. The summed E-state index contributed by atoms with van der Waals surface area (Å²) in [4.78, 5) is 36.7. The van der Waals surface area contributed by atoms with E-state index in [-0.39, 0.29) is 17.7 Å². The van der Waals surface area contributed by atoms with Crippen LogP contribution in [0.2, 0.25) is 0 Å². The summed E-state index contributed by atoms with van der Waals surface area (Å²) >= 11 is 1.47. The second-order valence-electron chi connectivity index (χ2n) is 8.88. The number of carbonyl (C=O) groups is 2. The summed E-state index contributed by atoms with van der Waals surface area (Å²) in [6, 6.07) is 6.16. The van der Waals surface area contributed by atoms with Crippen molar-refractivity contribution in [3.8, 4) is 0 Å². The summed E-state index contributed by atoms with van der Waals surface area (Å²) in [5.41, 5.74) is 3.19. The van der Waals surface area contributed by atoms with Gasteiger partial charge in [0.25, 0.3) is 0 Å². The molecule has 0 spiro atoms. The van der Waals surface area contributed by atoms with Gasteiger partial charge in [0.15, 0.2) is 0 Å². The van der Waals surface area contributed by atoms with Crippen molar-refractivity contribution in [1.29, 1.82) is 0 Å². The molecule has 5 rings (SSSR count). The van der Waals surface area contributed by atoms with E-state index >= 15 is 0 Å². The van der Waals surface area contributed by atoms with Crippen LogP contribution in [-0.2, 0) is 16.0 Å². The molecule has 2 saturated heterocycles. The number of carbonyl (C=O) groups excluding carboxylic acids is 2. The van der Waals surface area contributed by atoms with E-state index in [4.69, 9.17) is 0 Å². The van der Waals surface area contributed by atoms with E-state index in [0.29, 0.717) is 24.5 Å². The SMILES string of the molecule is Cc1ccc2nc(CCNC(=O)C3CCN(c4nnc(N5CCCCC5=O)s4)CC3)[nH]c2c1. The van der Waals surface area contributed by atoms with Gasteiger partial charge in [-0.3, -0.25) is 14.5 Å². The van der Waals surface area contributed by atoms with Crippen LogP contribution in [0.4, 0.5) is 10.3 Å². The molecule has 174 valence electrons. The molecular formula is C23H29N7O2S. The molecule has 1 aromatic carbocycles. The molecule has 2 fully saturated rings. The molecule has 2 N–H and O–H groups in total. The average Bonchev–Trinajstić information content (AvgIpc) is 3.46. The molecule has 0 unspecified atom stereocenters. The van der Waals surface area contributed by atoms with Gasteiger partial charge in [-0.15, -0.1) is 10.2 Å². The van der Waals surface area contributed by atoms with Gasteiger partial charge in [0.1, 0.15) is 5.82 Å². The number of nitrogens with zero attached hydrogens (tertiary/aromatic N) is 5. The monoisotopic (exact) mass is 467 g/mol. The van der Waals surface area contributed by atoms with Crippen molar-refractivity contribution >= 4 is 44.4 Å². The van der Waals surface area contributed by atoms with Crippen molar-refractivity contribution in [1.82, 2.24) is 25.5 Å². The summed E-state index contributed by atoms with van der Waals surface area (Å²) in [5, 5.41) is 13.2. The van der Waals surface area contributed by atoms with Crippen LogP contribution in [0.15, 0.2) is 18.2 Å². The Kier molecular flexibility index (Phi) is 6.26. The molecule has 2 aliphatic rings. The van der Waals surface area contributed by atoms with Crippen molar-refractivity contribution in [3.05, 3.63) is 29.6 Å². The minimum atomic E-state index is 0.00985. The third-order valence-electron chi connectivity index (χ3n) is 6.44. The highest BCUT2D eigenvalue weighted by Gasteiger charge is 2.28. The standard InChI is InChI=1S/C23H29N7O2S/c1-15-5-6-17-18(14-15)26-19(25-17)7-10-24-21(32)16-8-12-29(13-9-16)22-27-28-23(33-22)30-11-3-2-4-20(30)31/h5-6,14,16H,2-4,7-13H2,1H3,(H,24,32)(H,25,26). The van der Waals surface area contributed by atoms with Gasteiger partial charge in [0.2, 0.25) is 22.1 Å². The van der Waals surface area contributed by atoms with E-state index < -0.39 is 0 Å². The first-order chi connectivity index (χ1) is 16.1. The molecule has 2 aliphatic heterocycles. The summed E-state index contributed by atoms with van der Waals surface area (Å²) in [5.74, 6) is 1.15. The predicted molar refractivity (Wildman–Crippen MR) is 129 cm³/mol. The summed E-state index contributed by atoms with van der Waals surface area (Å²) in [6.45, 7) is 4.89. The molecule has 0 saturated carbocycles. The lowest BCUT2D eigenvalue weighted by atomic mass is 9.96. The smallest absolute Gasteiger partial charge is 0.228 e. The Morgan fingerprint density at radius 3 is 2.82 bits per heavy atom. The molecule has 0 radical (unpaired) electrons. The molecular weight excluding hydrogens is 438 g/mol. The fourth-order valence-electron chi connectivity index (χ4n) is 4.53. The summed E-state index contributed by atoms with van der Waals surface area (Å²) in [6.07, 6.45) is 4.80. The molecule has 0 atom stereocenters. The Balaban J connectivity index is 1.09. The highest BCUT2D eigenvalue weighted by atomic mass is 32.1. The third-order valence-corrected chi connectivity index (χ3v) is 7.45.